The van der Waals surface area contributed by atoms with Gasteiger partial charge in [0.2, 0.25) is 0 Å². The summed E-state index contributed by atoms with van der Waals surface area (Å²) in [5, 5.41) is 0.768. The van der Waals surface area contributed by atoms with E-state index < -0.39 is 0 Å². The van der Waals surface area contributed by atoms with E-state index in [-0.39, 0.29) is 0 Å². The highest BCUT2D eigenvalue weighted by molar-refractivity contribution is 6.33. The van der Waals surface area contributed by atoms with Crippen LogP contribution in [-0.2, 0) is 0 Å². The Kier molecular flexibility index (Phi) is 3.41. The summed E-state index contributed by atoms with van der Waals surface area (Å²) in [4.78, 5) is 2.38. The maximum atomic E-state index is 6.27. The molecule has 0 bridgehead atoms. The number of rotatable bonds is 1. The van der Waals surface area contributed by atoms with E-state index in [2.05, 4.69) is 17.7 Å². The van der Waals surface area contributed by atoms with E-state index in [1.54, 1.807) is 0 Å². The Morgan fingerprint density at radius 3 is 2.88 bits per heavy atom. The molecule has 2 rings (SSSR count). The normalized spacial score (nSPS) is 20.6. The van der Waals surface area contributed by atoms with Crippen molar-refractivity contribution in [3.05, 3.63) is 28.8 Å². The van der Waals surface area contributed by atoms with Crippen molar-refractivity contribution >= 4 is 17.3 Å². The highest BCUT2D eigenvalue weighted by Gasteiger charge is 2.20. The number of hydrogen-bond donors (Lipinski definition) is 0. The Bertz CT molecular complexity index is 419. The first-order valence-electron chi connectivity index (χ1n) is 5.75. The second-order valence-electron chi connectivity index (χ2n) is 4.35. The van der Waals surface area contributed by atoms with Crippen molar-refractivity contribution < 1.29 is 0 Å². The summed E-state index contributed by atoms with van der Waals surface area (Å²) in [6.07, 6.45) is 9.16. The molecule has 84 valence electrons. The van der Waals surface area contributed by atoms with Gasteiger partial charge in [-0.2, -0.15) is 0 Å². The molecule has 1 heterocycles. The molecule has 0 amide bonds. The number of piperidine rings is 1. The monoisotopic (exact) mass is 233 g/mol. The first-order valence-corrected chi connectivity index (χ1v) is 6.13. The van der Waals surface area contributed by atoms with Gasteiger partial charge < -0.3 is 4.90 Å². The molecule has 1 aliphatic rings. The number of terminal acetylenes is 1. The van der Waals surface area contributed by atoms with Gasteiger partial charge in [0.1, 0.15) is 0 Å². The first-order chi connectivity index (χ1) is 7.72. The minimum atomic E-state index is 0.572. The molecule has 0 aliphatic carbocycles. The van der Waals surface area contributed by atoms with Crippen LogP contribution in [0.3, 0.4) is 0 Å². The molecule has 16 heavy (non-hydrogen) atoms. The van der Waals surface area contributed by atoms with Crippen molar-refractivity contribution in [1.29, 1.82) is 0 Å². The zero-order valence-electron chi connectivity index (χ0n) is 9.54. The lowest BCUT2D eigenvalue weighted by Gasteiger charge is -2.36. The van der Waals surface area contributed by atoms with Crippen molar-refractivity contribution in [3.8, 4) is 12.3 Å². The fourth-order valence-corrected chi connectivity index (χ4v) is 2.57. The second-order valence-corrected chi connectivity index (χ2v) is 4.76. The predicted molar refractivity (Wildman–Crippen MR) is 70.0 cm³/mol. The van der Waals surface area contributed by atoms with Crippen LogP contribution in [0.25, 0.3) is 0 Å². The lowest BCUT2D eigenvalue weighted by atomic mass is 10.0. The maximum absolute atomic E-state index is 6.27. The lowest BCUT2D eigenvalue weighted by Crippen LogP contribution is -2.37. The number of hydrogen-bond acceptors (Lipinski definition) is 1. The summed E-state index contributed by atoms with van der Waals surface area (Å²) in [5.41, 5.74) is 1.96. The summed E-state index contributed by atoms with van der Waals surface area (Å²) in [6, 6.07) is 6.45. The van der Waals surface area contributed by atoms with Crippen LogP contribution in [0.5, 0.6) is 0 Å². The van der Waals surface area contributed by atoms with Gasteiger partial charge in [0.25, 0.3) is 0 Å². The Morgan fingerprint density at radius 2 is 2.25 bits per heavy atom. The number of nitrogens with zero attached hydrogens (tertiary/aromatic N) is 1. The molecule has 1 aromatic carbocycles. The van der Waals surface area contributed by atoms with Crippen molar-refractivity contribution in [2.45, 2.75) is 32.2 Å². The molecule has 0 aromatic heterocycles. The molecule has 0 saturated carbocycles. The van der Waals surface area contributed by atoms with Crippen LogP contribution in [0.1, 0.15) is 31.7 Å². The Morgan fingerprint density at radius 1 is 1.44 bits per heavy atom. The Labute approximate surface area is 102 Å². The molecule has 0 N–H and O–H groups in total. The minimum absolute atomic E-state index is 0.572. The smallest absolute Gasteiger partial charge is 0.0652 e. The molecule has 1 nitrogen and oxygen atoms in total. The zero-order chi connectivity index (χ0) is 11.5. The van der Waals surface area contributed by atoms with E-state index in [1.807, 2.05) is 18.2 Å². The molecule has 0 radical (unpaired) electrons. The summed E-state index contributed by atoms with van der Waals surface area (Å²) in [6.45, 7) is 3.35. The van der Waals surface area contributed by atoms with Gasteiger partial charge in [-0.25, -0.2) is 0 Å². The second kappa shape index (κ2) is 4.80. The van der Waals surface area contributed by atoms with E-state index in [9.17, 15) is 0 Å². The predicted octanol–water partition coefficient (Wildman–Crippen LogP) is 3.70. The molecule has 1 atom stereocenters. The third kappa shape index (κ3) is 2.18. The molecule has 0 spiro atoms. The molecule has 1 aromatic rings. The van der Waals surface area contributed by atoms with Crippen molar-refractivity contribution in [2.24, 2.45) is 0 Å². The number of benzene rings is 1. The van der Waals surface area contributed by atoms with E-state index in [4.69, 9.17) is 18.0 Å². The Hall–Kier alpha value is -1.13. The van der Waals surface area contributed by atoms with E-state index in [0.29, 0.717) is 6.04 Å². The third-order valence-corrected chi connectivity index (χ3v) is 3.53. The molecule has 1 aliphatic heterocycles. The average molecular weight is 234 g/mol. The first kappa shape index (κ1) is 11.4. The topological polar surface area (TPSA) is 3.24 Å². The fourth-order valence-electron chi connectivity index (χ4n) is 2.29. The van der Waals surface area contributed by atoms with Gasteiger partial charge in [0, 0.05) is 18.2 Å². The third-order valence-electron chi connectivity index (χ3n) is 3.23. The van der Waals surface area contributed by atoms with Crippen LogP contribution >= 0.6 is 11.6 Å². The van der Waals surface area contributed by atoms with Gasteiger partial charge >= 0.3 is 0 Å². The van der Waals surface area contributed by atoms with Gasteiger partial charge in [0.15, 0.2) is 0 Å². The average Bonchev–Trinajstić information content (AvgIpc) is 2.30. The van der Waals surface area contributed by atoms with Crippen LogP contribution < -0.4 is 4.90 Å². The van der Waals surface area contributed by atoms with Crippen molar-refractivity contribution in [1.82, 2.24) is 0 Å². The van der Waals surface area contributed by atoms with Crippen LogP contribution in [0.15, 0.2) is 18.2 Å². The summed E-state index contributed by atoms with van der Waals surface area (Å²) < 4.78 is 0. The quantitative estimate of drug-likeness (QED) is 0.669. The lowest BCUT2D eigenvalue weighted by molar-refractivity contribution is 0.485. The highest BCUT2D eigenvalue weighted by atomic mass is 35.5. The molecular weight excluding hydrogens is 218 g/mol. The van der Waals surface area contributed by atoms with E-state index >= 15 is 0 Å². The summed E-state index contributed by atoms with van der Waals surface area (Å²) >= 11 is 6.27. The van der Waals surface area contributed by atoms with E-state index in [1.165, 1.54) is 19.3 Å². The van der Waals surface area contributed by atoms with Crippen LogP contribution in [0.4, 0.5) is 5.69 Å². The van der Waals surface area contributed by atoms with Crippen molar-refractivity contribution in [3.63, 3.8) is 0 Å². The van der Waals surface area contributed by atoms with Gasteiger partial charge in [-0.15, -0.1) is 6.42 Å². The van der Waals surface area contributed by atoms with E-state index in [0.717, 1.165) is 22.8 Å². The zero-order valence-corrected chi connectivity index (χ0v) is 10.3. The fraction of sp³-hybridized carbons (Fsp3) is 0.429. The maximum Gasteiger partial charge on any atom is 0.0652 e. The number of anilines is 1. The van der Waals surface area contributed by atoms with Crippen LogP contribution in [-0.4, -0.2) is 12.6 Å². The Balaban J connectivity index is 2.29. The van der Waals surface area contributed by atoms with Gasteiger partial charge in [-0.1, -0.05) is 17.5 Å². The van der Waals surface area contributed by atoms with Crippen molar-refractivity contribution in [2.75, 3.05) is 11.4 Å². The molecule has 1 unspecified atom stereocenters. The van der Waals surface area contributed by atoms with Gasteiger partial charge in [-0.05, 0) is 44.4 Å². The number of halogens is 1. The molecule has 1 saturated heterocycles. The van der Waals surface area contributed by atoms with Gasteiger partial charge in [0.05, 0.1) is 10.7 Å². The highest BCUT2D eigenvalue weighted by Crippen LogP contribution is 2.31. The van der Waals surface area contributed by atoms with Crippen LogP contribution in [0.2, 0.25) is 5.02 Å². The molecular formula is C14H16ClN. The van der Waals surface area contributed by atoms with Gasteiger partial charge in [-0.3, -0.25) is 0 Å². The summed E-state index contributed by atoms with van der Waals surface area (Å²) in [5.74, 6) is 2.61. The van der Waals surface area contributed by atoms with Crippen LogP contribution in [0, 0.1) is 12.3 Å². The molecule has 1 fully saturated rings. The minimum Gasteiger partial charge on any atom is -0.368 e. The largest absolute Gasteiger partial charge is 0.368 e. The SMILES string of the molecule is C#Cc1ccc(N2CCCCC2C)c(Cl)c1. The standard InChI is InChI=1S/C14H16ClN/c1-3-12-7-8-14(13(15)10-12)16-9-5-4-6-11(16)2/h1,7-8,10-11H,4-6,9H2,2H3. The summed E-state index contributed by atoms with van der Waals surface area (Å²) in [7, 11) is 0. The molecule has 2 heteroatoms.